The lowest BCUT2D eigenvalue weighted by atomic mass is 9.86. The molecule has 1 atom stereocenters. The molecule has 4 rings (SSSR count). The summed E-state index contributed by atoms with van der Waals surface area (Å²) in [6.07, 6.45) is 4.41. The van der Waals surface area contributed by atoms with Crippen molar-refractivity contribution >= 4 is 12.4 Å². The van der Waals surface area contributed by atoms with E-state index in [1.54, 1.807) is 12.3 Å². The minimum atomic E-state index is 0. The van der Waals surface area contributed by atoms with Crippen LogP contribution in [-0.4, -0.2) is 35.8 Å². The molecule has 0 spiro atoms. The topological polar surface area (TPSA) is 38.5 Å². The lowest BCUT2D eigenvalue weighted by molar-refractivity contribution is -0.0113. The van der Waals surface area contributed by atoms with Crippen LogP contribution in [0, 0.1) is 5.92 Å². The minimum Gasteiger partial charge on any atom is -0.471 e. The first-order valence-electron chi connectivity index (χ1n) is 5.21. The molecule has 1 aromatic heterocycles. The number of fused-ring (bicyclic) bond motifs is 3. The van der Waals surface area contributed by atoms with Crippen LogP contribution >= 0.6 is 12.4 Å². The van der Waals surface area contributed by atoms with Gasteiger partial charge in [-0.05, 0) is 37.0 Å². The van der Waals surface area contributed by atoms with Crippen LogP contribution < -0.4 is 4.74 Å². The van der Waals surface area contributed by atoms with Crippen molar-refractivity contribution < 1.29 is 9.26 Å². The number of hydrogen-bond donors (Lipinski definition) is 0. The molecule has 0 saturated carbocycles. The fraction of sp³-hybridized carbons (Fsp3) is 0.700. The zero-order valence-corrected chi connectivity index (χ0v) is 9.28. The second-order valence-electron chi connectivity index (χ2n) is 4.13. The van der Waals surface area contributed by atoms with Crippen LogP contribution in [0.2, 0.25) is 0 Å². The van der Waals surface area contributed by atoms with E-state index in [-0.39, 0.29) is 12.4 Å². The Morgan fingerprint density at radius 1 is 1.40 bits per heavy atom. The fourth-order valence-electron chi connectivity index (χ4n) is 2.46. The van der Waals surface area contributed by atoms with Gasteiger partial charge in [0.05, 0.1) is 0 Å². The molecule has 0 aromatic carbocycles. The predicted octanol–water partition coefficient (Wildman–Crippen LogP) is 1.57. The lowest BCUT2D eigenvalue weighted by Gasteiger charge is -2.43. The van der Waals surface area contributed by atoms with Gasteiger partial charge in [0.2, 0.25) is 0 Å². The number of rotatable bonds is 2. The summed E-state index contributed by atoms with van der Waals surface area (Å²) in [5.41, 5.74) is 0. The van der Waals surface area contributed by atoms with Crippen molar-refractivity contribution in [1.29, 1.82) is 0 Å². The Labute approximate surface area is 95.0 Å². The summed E-state index contributed by atoms with van der Waals surface area (Å²) in [4.78, 5) is 2.46. The molecule has 3 aliphatic heterocycles. The third-order valence-corrected chi connectivity index (χ3v) is 3.28. The van der Waals surface area contributed by atoms with E-state index >= 15 is 0 Å². The van der Waals surface area contributed by atoms with E-state index in [0.29, 0.717) is 12.0 Å². The highest BCUT2D eigenvalue weighted by Gasteiger charge is 2.35. The highest BCUT2D eigenvalue weighted by molar-refractivity contribution is 5.85. The molecular formula is C10H15ClN2O2. The summed E-state index contributed by atoms with van der Waals surface area (Å²) in [5.74, 6) is 1.35. The van der Waals surface area contributed by atoms with Gasteiger partial charge in [0.15, 0.2) is 0 Å². The van der Waals surface area contributed by atoms with Gasteiger partial charge in [0, 0.05) is 12.6 Å². The third kappa shape index (κ3) is 2.11. The molecule has 0 unspecified atom stereocenters. The third-order valence-electron chi connectivity index (χ3n) is 3.28. The van der Waals surface area contributed by atoms with Crippen LogP contribution in [0.5, 0.6) is 5.88 Å². The van der Waals surface area contributed by atoms with Gasteiger partial charge in [0.1, 0.15) is 12.4 Å². The Hall–Kier alpha value is -0.740. The largest absolute Gasteiger partial charge is 0.471 e. The van der Waals surface area contributed by atoms with Gasteiger partial charge < -0.3 is 9.26 Å². The van der Waals surface area contributed by atoms with E-state index < -0.39 is 0 Å². The van der Waals surface area contributed by atoms with Crippen molar-refractivity contribution in [3.63, 3.8) is 0 Å². The van der Waals surface area contributed by atoms with Crippen molar-refractivity contribution in [2.45, 2.75) is 18.9 Å². The normalized spacial score (nSPS) is 33.5. The van der Waals surface area contributed by atoms with Gasteiger partial charge >= 0.3 is 0 Å². The number of piperidine rings is 3. The maximum atomic E-state index is 5.78. The van der Waals surface area contributed by atoms with Gasteiger partial charge in [-0.25, -0.2) is 0 Å². The zero-order valence-electron chi connectivity index (χ0n) is 8.46. The summed E-state index contributed by atoms with van der Waals surface area (Å²) >= 11 is 0. The van der Waals surface area contributed by atoms with Crippen LogP contribution in [-0.2, 0) is 0 Å². The molecule has 4 nitrogen and oxygen atoms in total. The Morgan fingerprint density at radius 3 is 2.73 bits per heavy atom. The van der Waals surface area contributed by atoms with Gasteiger partial charge in [-0.1, -0.05) is 0 Å². The van der Waals surface area contributed by atoms with Crippen molar-refractivity contribution in [1.82, 2.24) is 10.1 Å². The first-order chi connectivity index (χ1) is 6.92. The molecular weight excluding hydrogens is 216 g/mol. The van der Waals surface area contributed by atoms with Crippen molar-refractivity contribution in [2.75, 3.05) is 19.6 Å². The van der Waals surface area contributed by atoms with Crippen molar-refractivity contribution in [3.05, 3.63) is 12.3 Å². The number of hydrogen-bond acceptors (Lipinski definition) is 4. The standard InChI is InChI=1S/C10H14N2O2.ClH/c1-4-12-5-2-8(1)9(7-12)14-10-3-6-13-11-10;/h3,6,8-9H,1-2,4-5,7H2;1H/t9-;/m0./s1. The lowest BCUT2D eigenvalue weighted by Crippen LogP contribution is -2.52. The predicted molar refractivity (Wildman–Crippen MR) is 57.3 cm³/mol. The van der Waals surface area contributed by atoms with Gasteiger partial charge in [-0.15, -0.1) is 12.4 Å². The van der Waals surface area contributed by atoms with Crippen LogP contribution in [0.15, 0.2) is 16.9 Å². The summed E-state index contributed by atoms with van der Waals surface area (Å²) in [5, 5.41) is 3.78. The number of ether oxygens (including phenoxy) is 1. The molecule has 0 radical (unpaired) electrons. The van der Waals surface area contributed by atoms with E-state index in [1.165, 1.54) is 25.9 Å². The van der Waals surface area contributed by atoms with Gasteiger partial charge in [-0.2, -0.15) is 0 Å². The fourth-order valence-corrected chi connectivity index (χ4v) is 2.46. The number of nitrogens with zero attached hydrogens (tertiary/aromatic N) is 2. The second kappa shape index (κ2) is 4.41. The van der Waals surface area contributed by atoms with Crippen molar-refractivity contribution in [2.24, 2.45) is 5.92 Å². The van der Waals surface area contributed by atoms with Crippen LogP contribution in [0.1, 0.15) is 12.8 Å². The Morgan fingerprint density at radius 2 is 2.20 bits per heavy atom. The smallest absolute Gasteiger partial charge is 0.254 e. The van der Waals surface area contributed by atoms with E-state index in [9.17, 15) is 0 Å². The number of halogens is 1. The molecule has 2 bridgehead atoms. The minimum absolute atomic E-state index is 0. The molecule has 0 N–H and O–H groups in total. The van der Waals surface area contributed by atoms with E-state index in [4.69, 9.17) is 9.26 Å². The quantitative estimate of drug-likeness (QED) is 0.773. The van der Waals surface area contributed by atoms with Gasteiger partial charge in [0.25, 0.3) is 5.88 Å². The second-order valence-corrected chi connectivity index (χ2v) is 4.13. The summed E-state index contributed by atoms with van der Waals surface area (Å²) in [6.45, 7) is 3.53. The van der Waals surface area contributed by atoms with E-state index in [1.807, 2.05) is 0 Å². The summed E-state index contributed by atoms with van der Waals surface area (Å²) in [6, 6.07) is 1.78. The molecule has 1 aromatic rings. The molecule has 15 heavy (non-hydrogen) atoms. The molecule has 84 valence electrons. The summed E-state index contributed by atoms with van der Waals surface area (Å²) < 4.78 is 10.5. The molecule has 0 aliphatic carbocycles. The Bertz CT molecular complexity index is 296. The van der Waals surface area contributed by atoms with E-state index in [0.717, 1.165) is 12.5 Å². The van der Waals surface area contributed by atoms with Crippen LogP contribution in [0.25, 0.3) is 0 Å². The van der Waals surface area contributed by atoms with Gasteiger partial charge in [-0.3, -0.25) is 4.90 Å². The van der Waals surface area contributed by atoms with Crippen LogP contribution in [0.4, 0.5) is 0 Å². The zero-order chi connectivity index (χ0) is 9.38. The summed E-state index contributed by atoms with van der Waals surface area (Å²) in [7, 11) is 0. The first-order valence-corrected chi connectivity index (χ1v) is 5.21. The molecule has 0 amide bonds. The highest BCUT2D eigenvalue weighted by atomic mass is 35.5. The maximum Gasteiger partial charge on any atom is 0.254 e. The molecule has 3 aliphatic rings. The monoisotopic (exact) mass is 230 g/mol. The van der Waals surface area contributed by atoms with Crippen molar-refractivity contribution in [3.8, 4) is 5.88 Å². The SMILES string of the molecule is Cl.c1cc(O[C@H]2CN3CCC2CC3)no1. The maximum absolute atomic E-state index is 5.78. The Balaban J connectivity index is 0.000000853. The molecule has 3 saturated heterocycles. The molecule has 3 fully saturated rings. The van der Waals surface area contributed by atoms with E-state index in [2.05, 4.69) is 10.1 Å². The highest BCUT2D eigenvalue weighted by Crippen LogP contribution is 2.29. The first kappa shape index (κ1) is 10.8. The average Bonchev–Trinajstić information content (AvgIpc) is 2.72. The number of aromatic nitrogens is 1. The molecule has 4 heterocycles. The molecule has 5 heteroatoms. The average molecular weight is 231 g/mol. The van der Waals surface area contributed by atoms with Crippen LogP contribution in [0.3, 0.4) is 0 Å². The Kier molecular flexibility index (Phi) is 3.17.